The highest BCUT2D eigenvalue weighted by Crippen LogP contribution is 2.36. The van der Waals surface area contributed by atoms with E-state index in [0.717, 1.165) is 6.07 Å². The van der Waals surface area contributed by atoms with Gasteiger partial charge in [0.05, 0.1) is 11.3 Å². The van der Waals surface area contributed by atoms with Gasteiger partial charge in [-0.15, -0.1) is 0 Å². The molecule has 2 rings (SSSR count). The molecule has 1 N–H and O–H groups in total. The zero-order chi connectivity index (χ0) is 15.6. The van der Waals surface area contributed by atoms with Gasteiger partial charge in [0, 0.05) is 10.5 Å². The molecule has 0 heterocycles. The first-order valence-corrected chi connectivity index (χ1v) is 6.96. The van der Waals surface area contributed by atoms with E-state index in [9.17, 15) is 17.6 Å². The Kier molecular flexibility index (Phi) is 4.56. The zero-order valence-electron chi connectivity index (χ0n) is 11.0. The second kappa shape index (κ2) is 6.05. The lowest BCUT2D eigenvalue weighted by Crippen LogP contribution is -2.15. The van der Waals surface area contributed by atoms with Gasteiger partial charge in [0.25, 0.3) is 0 Å². The smallest absolute Gasteiger partial charge is 0.375 e. The van der Waals surface area contributed by atoms with Gasteiger partial charge in [0.15, 0.2) is 0 Å². The van der Waals surface area contributed by atoms with E-state index in [-0.39, 0.29) is 11.3 Å². The number of hydrogen-bond donors (Lipinski definition) is 1. The summed E-state index contributed by atoms with van der Waals surface area (Å²) in [5, 5.41) is 2.79. The minimum Gasteiger partial charge on any atom is -0.375 e. The Morgan fingerprint density at radius 3 is 2.33 bits per heavy atom. The quantitative estimate of drug-likeness (QED) is 0.683. The summed E-state index contributed by atoms with van der Waals surface area (Å²) in [6.45, 7) is 1.56. The van der Waals surface area contributed by atoms with Crippen LogP contribution in [0.3, 0.4) is 0 Å². The molecule has 0 spiro atoms. The summed E-state index contributed by atoms with van der Waals surface area (Å²) in [7, 11) is 0. The molecule has 0 bridgehead atoms. The highest BCUT2D eigenvalue weighted by molar-refractivity contribution is 9.10. The molecule has 0 aliphatic rings. The summed E-state index contributed by atoms with van der Waals surface area (Å²) >= 11 is 3.18. The largest absolute Gasteiger partial charge is 0.416 e. The fourth-order valence-corrected chi connectivity index (χ4v) is 2.52. The molecule has 0 aromatic heterocycles. The van der Waals surface area contributed by atoms with Crippen molar-refractivity contribution in [3.05, 3.63) is 63.9 Å². The molecule has 112 valence electrons. The third-order valence-electron chi connectivity index (χ3n) is 3.06. The van der Waals surface area contributed by atoms with E-state index in [1.165, 1.54) is 30.3 Å². The van der Waals surface area contributed by atoms with E-state index in [0.29, 0.717) is 4.47 Å². The van der Waals surface area contributed by atoms with Crippen molar-refractivity contribution >= 4 is 21.6 Å². The Bertz CT molecular complexity index is 620. The third kappa shape index (κ3) is 3.56. The van der Waals surface area contributed by atoms with Gasteiger partial charge in [0.2, 0.25) is 0 Å². The molecule has 0 fully saturated rings. The summed E-state index contributed by atoms with van der Waals surface area (Å²) in [6.07, 6.45) is -4.45. The van der Waals surface area contributed by atoms with Crippen LogP contribution in [-0.4, -0.2) is 0 Å². The monoisotopic (exact) mass is 361 g/mol. The molecule has 0 amide bonds. The predicted molar refractivity (Wildman–Crippen MR) is 77.6 cm³/mol. The Balaban J connectivity index is 2.36. The van der Waals surface area contributed by atoms with Gasteiger partial charge in [0.1, 0.15) is 5.82 Å². The SMILES string of the molecule is CC(Nc1c(F)cccc1Br)c1ccccc1C(F)(F)F. The van der Waals surface area contributed by atoms with Crippen LogP contribution < -0.4 is 5.32 Å². The molecule has 1 atom stereocenters. The number of rotatable bonds is 3. The average Bonchev–Trinajstić information content (AvgIpc) is 2.42. The molecule has 21 heavy (non-hydrogen) atoms. The molecular formula is C15H12BrF4N. The Morgan fingerprint density at radius 2 is 1.71 bits per heavy atom. The first-order valence-electron chi connectivity index (χ1n) is 6.17. The lowest BCUT2D eigenvalue weighted by molar-refractivity contribution is -0.138. The van der Waals surface area contributed by atoms with Crippen LogP contribution >= 0.6 is 15.9 Å². The highest BCUT2D eigenvalue weighted by Gasteiger charge is 2.34. The van der Waals surface area contributed by atoms with Crippen LogP contribution in [0, 0.1) is 5.82 Å². The Hall–Kier alpha value is -1.56. The molecule has 0 aliphatic carbocycles. The third-order valence-corrected chi connectivity index (χ3v) is 3.72. The topological polar surface area (TPSA) is 12.0 Å². The fourth-order valence-electron chi connectivity index (χ4n) is 2.06. The van der Waals surface area contributed by atoms with Crippen LogP contribution in [0.1, 0.15) is 24.1 Å². The lowest BCUT2D eigenvalue weighted by atomic mass is 10.0. The molecule has 2 aromatic carbocycles. The second-order valence-corrected chi connectivity index (χ2v) is 5.40. The van der Waals surface area contributed by atoms with E-state index in [4.69, 9.17) is 0 Å². The lowest BCUT2D eigenvalue weighted by Gasteiger charge is -2.21. The van der Waals surface area contributed by atoms with Crippen molar-refractivity contribution in [1.29, 1.82) is 0 Å². The van der Waals surface area contributed by atoms with Crippen LogP contribution in [0.15, 0.2) is 46.9 Å². The normalized spacial score (nSPS) is 13.0. The van der Waals surface area contributed by atoms with Gasteiger partial charge >= 0.3 is 6.18 Å². The summed E-state index contributed by atoms with van der Waals surface area (Å²) in [5.74, 6) is -0.527. The van der Waals surface area contributed by atoms with Crippen molar-refractivity contribution in [3.8, 4) is 0 Å². The molecule has 6 heteroatoms. The number of benzene rings is 2. The predicted octanol–water partition coefficient (Wildman–Crippen LogP) is 5.78. The van der Waals surface area contributed by atoms with E-state index in [1.807, 2.05) is 0 Å². The number of hydrogen-bond acceptors (Lipinski definition) is 1. The average molecular weight is 362 g/mol. The van der Waals surface area contributed by atoms with E-state index in [1.54, 1.807) is 13.0 Å². The van der Waals surface area contributed by atoms with E-state index >= 15 is 0 Å². The van der Waals surface area contributed by atoms with Crippen LogP contribution in [0.2, 0.25) is 0 Å². The van der Waals surface area contributed by atoms with Crippen molar-refractivity contribution in [2.45, 2.75) is 19.1 Å². The van der Waals surface area contributed by atoms with Crippen LogP contribution in [-0.2, 0) is 6.18 Å². The van der Waals surface area contributed by atoms with Gasteiger partial charge in [-0.3, -0.25) is 0 Å². The summed E-state index contributed by atoms with van der Waals surface area (Å²) in [5.41, 5.74) is -0.514. The maximum absolute atomic E-state index is 13.7. The number of anilines is 1. The molecule has 1 unspecified atom stereocenters. The van der Waals surface area contributed by atoms with Gasteiger partial charge in [-0.25, -0.2) is 4.39 Å². The first kappa shape index (κ1) is 15.8. The van der Waals surface area contributed by atoms with Crippen molar-refractivity contribution in [1.82, 2.24) is 0 Å². The summed E-state index contributed by atoms with van der Waals surface area (Å²) in [6, 6.07) is 8.94. The van der Waals surface area contributed by atoms with Gasteiger partial charge < -0.3 is 5.32 Å². The maximum Gasteiger partial charge on any atom is 0.416 e. The fraction of sp³-hybridized carbons (Fsp3) is 0.200. The molecule has 2 aromatic rings. The summed E-state index contributed by atoms with van der Waals surface area (Å²) < 4.78 is 53.2. The minimum absolute atomic E-state index is 0.0696. The van der Waals surface area contributed by atoms with Crippen LogP contribution in [0.4, 0.5) is 23.2 Å². The standard InChI is InChI=1S/C15H12BrF4N/c1-9(21-14-12(16)7-4-8-13(14)17)10-5-2-3-6-11(10)15(18,19)20/h2-9,21H,1H3. The van der Waals surface area contributed by atoms with Crippen molar-refractivity contribution in [3.63, 3.8) is 0 Å². The first-order chi connectivity index (χ1) is 9.80. The van der Waals surface area contributed by atoms with Crippen molar-refractivity contribution in [2.75, 3.05) is 5.32 Å². The zero-order valence-corrected chi connectivity index (χ0v) is 12.6. The number of halogens is 5. The molecule has 1 nitrogen and oxygen atoms in total. The number of nitrogens with one attached hydrogen (secondary N) is 1. The van der Waals surface area contributed by atoms with E-state index < -0.39 is 23.6 Å². The molecule has 0 aliphatic heterocycles. The number of alkyl halides is 3. The Morgan fingerprint density at radius 1 is 1.05 bits per heavy atom. The maximum atomic E-state index is 13.7. The summed E-state index contributed by atoms with van der Waals surface area (Å²) in [4.78, 5) is 0. The van der Waals surface area contributed by atoms with Gasteiger partial charge in [-0.05, 0) is 46.6 Å². The minimum atomic E-state index is -4.45. The molecular weight excluding hydrogens is 350 g/mol. The van der Waals surface area contributed by atoms with Crippen LogP contribution in [0.25, 0.3) is 0 Å². The molecule has 0 radical (unpaired) electrons. The Labute approximate surface area is 128 Å². The van der Waals surface area contributed by atoms with Crippen molar-refractivity contribution in [2.24, 2.45) is 0 Å². The van der Waals surface area contributed by atoms with Crippen LogP contribution in [0.5, 0.6) is 0 Å². The van der Waals surface area contributed by atoms with Gasteiger partial charge in [-0.1, -0.05) is 24.3 Å². The van der Waals surface area contributed by atoms with Crippen molar-refractivity contribution < 1.29 is 17.6 Å². The second-order valence-electron chi connectivity index (χ2n) is 4.55. The number of para-hydroxylation sites is 1. The van der Waals surface area contributed by atoms with Gasteiger partial charge in [-0.2, -0.15) is 13.2 Å². The van der Waals surface area contributed by atoms with E-state index in [2.05, 4.69) is 21.2 Å². The molecule has 0 saturated carbocycles. The molecule has 0 saturated heterocycles. The highest BCUT2D eigenvalue weighted by atomic mass is 79.9.